The number of nitrogens with one attached hydrogen (secondary N) is 1. The zero-order valence-corrected chi connectivity index (χ0v) is 15.3. The van der Waals surface area contributed by atoms with Crippen molar-refractivity contribution in [2.45, 2.75) is 39.2 Å². The second-order valence-electron chi connectivity index (χ2n) is 6.69. The Bertz CT molecular complexity index is 847. The minimum atomic E-state index is -0.723. The predicted octanol–water partition coefficient (Wildman–Crippen LogP) is 3.85. The minimum absolute atomic E-state index is 0.201. The van der Waals surface area contributed by atoms with Crippen LogP contribution in [-0.4, -0.2) is 16.7 Å². The highest BCUT2D eigenvalue weighted by molar-refractivity contribution is 7.11. The molecule has 0 spiro atoms. The van der Waals surface area contributed by atoms with Crippen molar-refractivity contribution in [3.63, 3.8) is 0 Å². The average molecular weight is 360 g/mol. The van der Waals surface area contributed by atoms with E-state index >= 15 is 0 Å². The molecule has 2 heterocycles. The molecule has 7 heteroatoms. The standard InChI is InChI=1S/C18H21FN4OS/c1-10-6-7-18(3,23-15(10)20)13-8-12(4-5-14(13)19)22-16(24)17-21-11(2)9-25-17/h4-5,8-10H,6-7H2,1-3H3,(H2,20,23)(H,22,24)/t10-,18-/m0/s1. The van der Waals surface area contributed by atoms with Crippen molar-refractivity contribution >= 4 is 28.8 Å². The lowest BCUT2D eigenvalue weighted by Gasteiger charge is -2.33. The van der Waals surface area contributed by atoms with E-state index in [1.165, 1.54) is 17.4 Å². The molecule has 3 rings (SSSR count). The summed E-state index contributed by atoms with van der Waals surface area (Å²) in [7, 11) is 0. The highest BCUT2D eigenvalue weighted by atomic mass is 32.1. The second-order valence-corrected chi connectivity index (χ2v) is 7.55. The smallest absolute Gasteiger partial charge is 0.284 e. The maximum Gasteiger partial charge on any atom is 0.284 e. The highest BCUT2D eigenvalue weighted by Gasteiger charge is 2.34. The van der Waals surface area contributed by atoms with Crippen molar-refractivity contribution < 1.29 is 9.18 Å². The topological polar surface area (TPSA) is 80.4 Å². The molecule has 25 heavy (non-hydrogen) atoms. The third-order valence-electron chi connectivity index (χ3n) is 4.56. The third-order valence-corrected chi connectivity index (χ3v) is 5.52. The van der Waals surface area contributed by atoms with E-state index in [1.54, 1.807) is 12.1 Å². The first kappa shape index (κ1) is 17.5. The van der Waals surface area contributed by atoms with Crippen LogP contribution in [0.1, 0.15) is 47.7 Å². The first-order valence-corrected chi connectivity index (χ1v) is 9.05. The van der Waals surface area contributed by atoms with Crippen LogP contribution in [0.5, 0.6) is 0 Å². The lowest BCUT2D eigenvalue weighted by molar-refractivity contribution is 0.102. The van der Waals surface area contributed by atoms with Gasteiger partial charge < -0.3 is 11.1 Å². The fourth-order valence-corrected chi connectivity index (χ4v) is 3.64. The molecule has 1 aromatic heterocycles. The number of carbonyl (C=O) groups excluding carboxylic acids is 1. The number of amides is 1. The summed E-state index contributed by atoms with van der Waals surface area (Å²) in [6.07, 6.45) is 1.55. The van der Waals surface area contributed by atoms with Gasteiger partial charge in [-0.3, -0.25) is 9.79 Å². The Labute approximate surface area is 150 Å². The molecule has 132 valence electrons. The number of aryl methyl sites for hydroxylation is 1. The Balaban J connectivity index is 1.90. The van der Waals surface area contributed by atoms with E-state index in [0.717, 1.165) is 12.1 Å². The van der Waals surface area contributed by atoms with Crippen LogP contribution in [-0.2, 0) is 5.54 Å². The summed E-state index contributed by atoms with van der Waals surface area (Å²) in [5.74, 6) is 0.0887. The molecule has 0 saturated heterocycles. The predicted molar refractivity (Wildman–Crippen MR) is 98.6 cm³/mol. The van der Waals surface area contributed by atoms with Crippen LogP contribution in [0.2, 0.25) is 0 Å². The number of amidine groups is 1. The number of rotatable bonds is 3. The second kappa shape index (κ2) is 6.55. The molecule has 0 fully saturated rings. The molecule has 1 amide bonds. The maximum atomic E-state index is 14.5. The van der Waals surface area contributed by atoms with E-state index in [1.807, 2.05) is 26.2 Å². The molecular weight excluding hydrogens is 339 g/mol. The van der Waals surface area contributed by atoms with Crippen molar-refractivity contribution in [2.75, 3.05) is 5.32 Å². The van der Waals surface area contributed by atoms with E-state index in [0.29, 0.717) is 28.5 Å². The summed E-state index contributed by atoms with van der Waals surface area (Å²) < 4.78 is 14.5. The number of carbonyl (C=O) groups is 1. The van der Waals surface area contributed by atoms with Gasteiger partial charge in [-0.25, -0.2) is 9.37 Å². The van der Waals surface area contributed by atoms with Crippen LogP contribution in [0.25, 0.3) is 0 Å². The number of nitrogens with two attached hydrogens (primary N) is 1. The van der Waals surface area contributed by atoms with Gasteiger partial charge in [-0.1, -0.05) is 6.92 Å². The number of nitrogens with zero attached hydrogens (tertiary/aromatic N) is 2. The first-order chi connectivity index (χ1) is 11.8. The Kier molecular flexibility index (Phi) is 4.60. The van der Waals surface area contributed by atoms with Gasteiger partial charge in [0.25, 0.3) is 5.91 Å². The Morgan fingerprint density at radius 1 is 1.48 bits per heavy atom. The van der Waals surface area contributed by atoms with Gasteiger partial charge in [-0.15, -0.1) is 11.3 Å². The molecule has 2 aromatic rings. The van der Waals surface area contributed by atoms with Gasteiger partial charge in [0.15, 0.2) is 5.01 Å². The summed E-state index contributed by atoms with van der Waals surface area (Å²) in [6.45, 7) is 5.72. The van der Waals surface area contributed by atoms with Crippen LogP contribution in [0.3, 0.4) is 0 Å². The van der Waals surface area contributed by atoms with E-state index in [9.17, 15) is 9.18 Å². The van der Waals surface area contributed by atoms with Crippen molar-refractivity contribution in [1.29, 1.82) is 0 Å². The lowest BCUT2D eigenvalue weighted by Crippen LogP contribution is -2.35. The van der Waals surface area contributed by atoms with Gasteiger partial charge in [0.05, 0.1) is 11.4 Å². The molecule has 2 atom stereocenters. The van der Waals surface area contributed by atoms with E-state index in [4.69, 9.17) is 5.73 Å². The fourth-order valence-electron chi connectivity index (χ4n) is 2.95. The zero-order valence-electron chi connectivity index (χ0n) is 14.5. The van der Waals surface area contributed by atoms with Gasteiger partial charge in [-0.05, 0) is 44.9 Å². The largest absolute Gasteiger partial charge is 0.387 e. The molecule has 0 saturated carbocycles. The summed E-state index contributed by atoms with van der Waals surface area (Å²) in [5.41, 5.74) is 7.02. The molecule has 1 aliphatic rings. The van der Waals surface area contributed by atoms with E-state index < -0.39 is 5.54 Å². The molecule has 3 N–H and O–H groups in total. The molecule has 0 radical (unpaired) electrons. The number of hydrogen-bond donors (Lipinski definition) is 2. The molecule has 0 aliphatic carbocycles. The van der Waals surface area contributed by atoms with Crippen LogP contribution < -0.4 is 11.1 Å². The van der Waals surface area contributed by atoms with Crippen molar-refractivity contribution in [2.24, 2.45) is 16.6 Å². The maximum absolute atomic E-state index is 14.5. The fraction of sp³-hybridized carbons (Fsp3) is 0.389. The summed E-state index contributed by atoms with van der Waals surface area (Å²) in [5, 5.41) is 4.97. The van der Waals surface area contributed by atoms with Gasteiger partial charge in [0, 0.05) is 28.2 Å². The molecule has 1 aromatic carbocycles. The van der Waals surface area contributed by atoms with Crippen molar-refractivity contribution in [3.05, 3.63) is 45.7 Å². The molecular formula is C18H21FN4OS. The normalized spacial score (nSPS) is 23.2. The number of halogens is 1. The van der Waals surface area contributed by atoms with Crippen LogP contribution in [0.15, 0.2) is 28.6 Å². The minimum Gasteiger partial charge on any atom is -0.387 e. The van der Waals surface area contributed by atoms with Gasteiger partial charge in [0.2, 0.25) is 0 Å². The molecule has 0 unspecified atom stereocenters. The molecule has 0 bridgehead atoms. The SMILES string of the molecule is Cc1csc(C(=O)Nc2ccc(F)c([C@]3(C)CC[C@H](C)C(N)=N3)c2)n1. The zero-order chi connectivity index (χ0) is 18.2. The quantitative estimate of drug-likeness (QED) is 0.872. The lowest BCUT2D eigenvalue weighted by atomic mass is 9.82. The van der Waals surface area contributed by atoms with Gasteiger partial charge >= 0.3 is 0 Å². The van der Waals surface area contributed by atoms with E-state index in [2.05, 4.69) is 15.3 Å². The third kappa shape index (κ3) is 3.56. The van der Waals surface area contributed by atoms with Crippen LogP contribution in [0, 0.1) is 18.7 Å². The summed E-state index contributed by atoms with van der Waals surface area (Å²) in [6, 6.07) is 4.53. The number of aliphatic imine (C=N–C) groups is 1. The number of aromatic nitrogens is 1. The average Bonchev–Trinajstić information content (AvgIpc) is 3.00. The van der Waals surface area contributed by atoms with Crippen molar-refractivity contribution in [3.8, 4) is 0 Å². The summed E-state index contributed by atoms with van der Waals surface area (Å²) >= 11 is 1.28. The Morgan fingerprint density at radius 3 is 2.88 bits per heavy atom. The molecule has 5 nitrogen and oxygen atoms in total. The monoisotopic (exact) mass is 360 g/mol. The Hall–Kier alpha value is -2.28. The summed E-state index contributed by atoms with van der Waals surface area (Å²) in [4.78, 5) is 21.0. The van der Waals surface area contributed by atoms with Gasteiger partial charge in [-0.2, -0.15) is 0 Å². The van der Waals surface area contributed by atoms with E-state index in [-0.39, 0.29) is 17.6 Å². The number of benzene rings is 1. The molecule has 1 aliphatic heterocycles. The Morgan fingerprint density at radius 2 is 2.24 bits per heavy atom. The van der Waals surface area contributed by atoms with Gasteiger partial charge in [0.1, 0.15) is 5.82 Å². The highest BCUT2D eigenvalue weighted by Crippen LogP contribution is 2.38. The number of anilines is 1. The van der Waals surface area contributed by atoms with Crippen molar-refractivity contribution in [1.82, 2.24) is 4.98 Å². The number of thiazole rings is 1. The van der Waals surface area contributed by atoms with Crippen LogP contribution in [0.4, 0.5) is 10.1 Å². The number of hydrogen-bond acceptors (Lipinski definition) is 5. The first-order valence-electron chi connectivity index (χ1n) is 8.17. The van der Waals surface area contributed by atoms with Crippen LogP contribution >= 0.6 is 11.3 Å².